The molecule has 77 valence electrons. The Morgan fingerprint density at radius 3 is 2.53 bits per heavy atom. The number of rotatable bonds is 1. The van der Waals surface area contributed by atoms with Crippen LogP contribution in [0, 0.1) is 7.43 Å². The first kappa shape index (κ1) is 14.7. The molecule has 1 nitrogen and oxygen atoms in total. The number of hydrogen-bond donors (Lipinski definition) is 0. The van der Waals surface area contributed by atoms with Crippen molar-refractivity contribution in [3.8, 4) is 0 Å². The molecule has 1 aromatic heterocycles. The fourth-order valence-electron chi connectivity index (χ4n) is 1.44. The maximum atomic E-state index is 4.32. The van der Waals surface area contributed by atoms with Gasteiger partial charge in [0.05, 0.1) is 5.52 Å². The van der Waals surface area contributed by atoms with Crippen molar-refractivity contribution < 1.29 is 32.7 Å². The molecule has 2 aromatic rings. The third kappa shape index (κ3) is 3.36. The molecular formula is C13H16NY-. The SMILES string of the molecule is CC(C)c1ccc2cccnc2c1.[CH3-].[Y]. The molecule has 2 rings (SSSR count). The van der Waals surface area contributed by atoms with Gasteiger partial charge in [0, 0.05) is 44.3 Å². The zero-order valence-electron chi connectivity index (χ0n) is 9.57. The molecule has 0 N–H and O–H groups in total. The summed E-state index contributed by atoms with van der Waals surface area (Å²) in [6.45, 7) is 4.40. The van der Waals surface area contributed by atoms with E-state index in [0.29, 0.717) is 5.92 Å². The monoisotopic (exact) mass is 275 g/mol. The number of aromatic nitrogens is 1. The second kappa shape index (κ2) is 6.35. The molecule has 0 bridgehead atoms. The molecule has 0 saturated heterocycles. The third-order valence-electron chi connectivity index (χ3n) is 2.30. The van der Waals surface area contributed by atoms with Crippen LogP contribution in [0.15, 0.2) is 36.5 Å². The summed E-state index contributed by atoms with van der Waals surface area (Å²) in [5.41, 5.74) is 2.44. The molecule has 0 aliphatic heterocycles. The van der Waals surface area contributed by atoms with Crippen molar-refractivity contribution in [1.82, 2.24) is 4.98 Å². The van der Waals surface area contributed by atoms with Gasteiger partial charge < -0.3 is 7.43 Å². The van der Waals surface area contributed by atoms with Crippen LogP contribution in [-0.2, 0) is 32.7 Å². The van der Waals surface area contributed by atoms with E-state index < -0.39 is 0 Å². The summed E-state index contributed by atoms with van der Waals surface area (Å²) in [6, 6.07) is 10.5. The van der Waals surface area contributed by atoms with E-state index in [4.69, 9.17) is 0 Å². The molecule has 0 saturated carbocycles. The fraction of sp³-hybridized carbons (Fsp3) is 0.231. The minimum absolute atomic E-state index is 0. The molecule has 15 heavy (non-hydrogen) atoms. The fourth-order valence-corrected chi connectivity index (χ4v) is 1.44. The maximum absolute atomic E-state index is 4.32. The number of benzene rings is 1. The summed E-state index contributed by atoms with van der Waals surface area (Å²) in [5.74, 6) is 0.575. The molecule has 0 unspecified atom stereocenters. The van der Waals surface area contributed by atoms with Gasteiger partial charge in [-0.05, 0) is 23.6 Å². The number of pyridine rings is 1. The molecule has 0 aliphatic rings. The van der Waals surface area contributed by atoms with Crippen LogP contribution in [0.2, 0.25) is 0 Å². The predicted octanol–water partition coefficient (Wildman–Crippen LogP) is 3.81. The van der Waals surface area contributed by atoms with Gasteiger partial charge in [-0.3, -0.25) is 4.98 Å². The summed E-state index contributed by atoms with van der Waals surface area (Å²) in [6.07, 6.45) is 1.84. The van der Waals surface area contributed by atoms with Crippen LogP contribution in [0.5, 0.6) is 0 Å². The summed E-state index contributed by atoms with van der Waals surface area (Å²) < 4.78 is 0. The standard InChI is InChI=1S/C12H13N.CH3.Y/c1-9(2)11-6-5-10-4-3-7-13-12(10)8-11;;/h3-9H,1-2H3;1H3;/q;-1;. The Bertz CT molecular complexity index is 424. The molecule has 0 fully saturated rings. The second-order valence-corrected chi connectivity index (χ2v) is 3.61. The quantitative estimate of drug-likeness (QED) is 0.721. The van der Waals surface area contributed by atoms with Crippen molar-refractivity contribution in [2.45, 2.75) is 19.8 Å². The minimum Gasteiger partial charge on any atom is -0.358 e. The van der Waals surface area contributed by atoms with Crippen LogP contribution in [0.25, 0.3) is 10.9 Å². The van der Waals surface area contributed by atoms with E-state index in [-0.39, 0.29) is 40.1 Å². The molecular weight excluding hydrogens is 259 g/mol. The molecule has 2 heteroatoms. The van der Waals surface area contributed by atoms with E-state index in [0.717, 1.165) is 5.52 Å². The van der Waals surface area contributed by atoms with Crippen LogP contribution in [0.3, 0.4) is 0 Å². The van der Waals surface area contributed by atoms with Gasteiger partial charge in [0.1, 0.15) is 0 Å². The van der Waals surface area contributed by atoms with Crippen molar-refractivity contribution >= 4 is 10.9 Å². The topological polar surface area (TPSA) is 12.9 Å². The Labute approximate surface area is 117 Å². The van der Waals surface area contributed by atoms with Crippen LogP contribution < -0.4 is 0 Å². The zero-order chi connectivity index (χ0) is 9.26. The minimum atomic E-state index is 0. The van der Waals surface area contributed by atoms with Crippen molar-refractivity contribution in [3.63, 3.8) is 0 Å². The van der Waals surface area contributed by atoms with Crippen molar-refractivity contribution in [3.05, 3.63) is 49.5 Å². The smallest absolute Gasteiger partial charge is 0.0704 e. The van der Waals surface area contributed by atoms with Gasteiger partial charge in [-0.25, -0.2) is 0 Å². The number of fused-ring (bicyclic) bond motifs is 1. The van der Waals surface area contributed by atoms with E-state index in [2.05, 4.69) is 43.1 Å². The predicted molar refractivity (Wildman–Crippen MR) is 62.2 cm³/mol. The van der Waals surface area contributed by atoms with Crippen molar-refractivity contribution in [1.29, 1.82) is 0 Å². The largest absolute Gasteiger partial charge is 0.358 e. The number of hydrogen-bond acceptors (Lipinski definition) is 1. The van der Waals surface area contributed by atoms with E-state index >= 15 is 0 Å². The Balaban J connectivity index is 0.000000980. The van der Waals surface area contributed by atoms with E-state index in [9.17, 15) is 0 Å². The third-order valence-corrected chi connectivity index (χ3v) is 2.30. The van der Waals surface area contributed by atoms with Gasteiger partial charge in [-0.15, -0.1) is 0 Å². The van der Waals surface area contributed by atoms with Gasteiger partial charge in [0.25, 0.3) is 0 Å². The summed E-state index contributed by atoms with van der Waals surface area (Å²) >= 11 is 0. The Hall–Kier alpha value is -0.266. The van der Waals surface area contributed by atoms with E-state index in [1.807, 2.05) is 12.3 Å². The second-order valence-electron chi connectivity index (χ2n) is 3.61. The first-order valence-electron chi connectivity index (χ1n) is 4.62. The molecule has 1 radical (unpaired) electrons. The van der Waals surface area contributed by atoms with Gasteiger partial charge in [-0.1, -0.05) is 32.0 Å². The van der Waals surface area contributed by atoms with Crippen LogP contribution in [0.4, 0.5) is 0 Å². The summed E-state index contributed by atoms with van der Waals surface area (Å²) in [5, 5.41) is 1.21. The van der Waals surface area contributed by atoms with Gasteiger partial charge in [0.2, 0.25) is 0 Å². The Morgan fingerprint density at radius 1 is 1.13 bits per heavy atom. The number of nitrogens with zero attached hydrogens (tertiary/aromatic N) is 1. The molecule has 0 spiro atoms. The van der Waals surface area contributed by atoms with E-state index in [1.165, 1.54) is 10.9 Å². The van der Waals surface area contributed by atoms with Crippen LogP contribution in [-0.4, -0.2) is 4.98 Å². The van der Waals surface area contributed by atoms with Gasteiger partial charge in [0.15, 0.2) is 0 Å². The first-order valence-corrected chi connectivity index (χ1v) is 4.62. The zero-order valence-corrected chi connectivity index (χ0v) is 12.4. The summed E-state index contributed by atoms with van der Waals surface area (Å²) in [4.78, 5) is 4.32. The average Bonchev–Trinajstić information content (AvgIpc) is 2.17. The van der Waals surface area contributed by atoms with Crippen molar-refractivity contribution in [2.24, 2.45) is 0 Å². The normalized spacial score (nSPS) is 9.53. The molecule has 1 aromatic carbocycles. The van der Waals surface area contributed by atoms with Gasteiger partial charge >= 0.3 is 0 Å². The summed E-state index contributed by atoms with van der Waals surface area (Å²) in [7, 11) is 0. The molecule has 0 aliphatic carbocycles. The maximum Gasteiger partial charge on any atom is 0.0704 e. The Kier molecular flexibility index (Phi) is 6.23. The van der Waals surface area contributed by atoms with Crippen LogP contribution >= 0.6 is 0 Å². The van der Waals surface area contributed by atoms with Crippen molar-refractivity contribution in [2.75, 3.05) is 0 Å². The molecule has 1 heterocycles. The Morgan fingerprint density at radius 2 is 1.87 bits per heavy atom. The van der Waals surface area contributed by atoms with Gasteiger partial charge in [-0.2, -0.15) is 0 Å². The van der Waals surface area contributed by atoms with E-state index in [1.54, 1.807) is 0 Å². The molecule has 0 amide bonds. The average molecular weight is 275 g/mol. The molecule has 0 atom stereocenters. The first-order chi connectivity index (χ1) is 6.27. The van der Waals surface area contributed by atoms with Crippen LogP contribution in [0.1, 0.15) is 25.3 Å².